The molecule has 0 radical (unpaired) electrons. The number of carboxylic acids is 1. The zero-order valence-corrected chi connectivity index (χ0v) is 21.2. The van der Waals surface area contributed by atoms with Crippen LogP contribution in [-0.2, 0) is 4.79 Å². The molecule has 0 unspecified atom stereocenters. The van der Waals surface area contributed by atoms with Gasteiger partial charge in [-0.1, -0.05) is 18.0 Å². The van der Waals surface area contributed by atoms with Gasteiger partial charge in [-0.05, 0) is 62.3 Å². The quantitative estimate of drug-likeness (QED) is 0.401. The third-order valence-corrected chi connectivity index (χ3v) is 8.92. The first kappa shape index (κ1) is 25.3. The third kappa shape index (κ3) is 6.23. The van der Waals surface area contributed by atoms with Crippen LogP contribution in [-0.4, -0.2) is 64.5 Å². The average Bonchev–Trinajstić information content (AvgIpc) is 2.79. The number of aliphatic carboxylic acids is 1. The van der Waals surface area contributed by atoms with Crippen molar-refractivity contribution in [2.75, 3.05) is 32.5 Å². The number of fused-ring (bicyclic) bond motifs is 1. The number of piperidine rings is 1. The molecule has 184 valence electrons. The van der Waals surface area contributed by atoms with Gasteiger partial charge in [-0.15, -0.1) is 0 Å². The first-order chi connectivity index (χ1) is 16.4. The standard InChI is InChI=1S/C26H33ClN2O4S/c1-33-19-6-7-23-21(14-19)26(22(27)15-28-23)24(30)8-5-17-9-10-29(16-18(17)13-25(31)32)11-12-34-20-3-2-4-20/h6-7,14-15,17-18,20H,2-5,8-13,16H2,1H3,(H,31,32)/t17-,18+/m1/s1. The van der Waals surface area contributed by atoms with Crippen LogP contribution in [0.1, 0.15) is 55.3 Å². The smallest absolute Gasteiger partial charge is 0.303 e. The predicted molar refractivity (Wildman–Crippen MR) is 137 cm³/mol. The Bertz CT molecular complexity index is 1030. The Labute approximate surface area is 210 Å². The van der Waals surface area contributed by atoms with Crippen LogP contribution in [0.3, 0.4) is 0 Å². The molecule has 0 spiro atoms. The minimum Gasteiger partial charge on any atom is -0.497 e. The molecule has 1 aromatic heterocycles. The molecule has 2 aromatic rings. The fourth-order valence-corrected chi connectivity index (χ4v) is 6.70. The molecule has 1 saturated carbocycles. The summed E-state index contributed by atoms with van der Waals surface area (Å²) in [5.41, 5.74) is 1.18. The lowest BCUT2D eigenvalue weighted by Gasteiger charge is -2.38. The SMILES string of the molecule is COc1ccc2ncc(Cl)c(C(=O)CC[C@@H]3CCN(CCSC4CCC4)C[C@@H]3CC(=O)O)c2c1. The summed E-state index contributed by atoms with van der Waals surface area (Å²) in [4.78, 5) is 31.6. The van der Waals surface area contributed by atoms with Crippen molar-refractivity contribution in [3.63, 3.8) is 0 Å². The number of hydrogen-bond donors (Lipinski definition) is 1. The van der Waals surface area contributed by atoms with Gasteiger partial charge in [-0.25, -0.2) is 0 Å². The van der Waals surface area contributed by atoms with Crippen LogP contribution in [0.4, 0.5) is 0 Å². The molecule has 4 rings (SSSR count). The molecule has 6 nitrogen and oxygen atoms in total. The van der Waals surface area contributed by atoms with Crippen molar-refractivity contribution in [3.05, 3.63) is 35.0 Å². The van der Waals surface area contributed by atoms with E-state index in [1.165, 1.54) is 25.5 Å². The summed E-state index contributed by atoms with van der Waals surface area (Å²) < 4.78 is 5.32. The number of rotatable bonds is 11. The van der Waals surface area contributed by atoms with Crippen LogP contribution in [0, 0.1) is 11.8 Å². The van der Waals surface area contributed by atoms with Crippen molar-refractivity contribution in [3.8, 4) is 5.75 Å². The number of benzene rings is 1. The maximum absolute atomic E-state index is 13.3. The number of ether oxygens (including phenoxy) is 1. The lowest BCUT2D eigenvalue weighted by atomic mass is 9.79. The Kier molecular flexibility index (Phi) is 8.72. The topological polar surface area (TPSA) is 79.7 Å². The highest BCUT2D eigenvalue weighted by Crippen LogP contribution is 2.34. The molecule has 2 heterocycles. The van der Waals surface area contributed by atoms with Gasteiger partial charge in [-0.3, -0.25) is 14.6 Å². The van der Waals surface area contributed by atoms with Crippen molar-refractivity contribution in [1.29, 1.82) is 0 Å². The third-order valence-electron chi connectivity index (χ3n) is 7.28. The second-order valence-electron chi connectivity index (χ2n) is 9.46. The Hall–Kier alpha value is -1.83. The van der Waals surface area contributed by atoms with E-state index < -0.39 is 5.97 Å². The maximum atomic E-state index is 13.3. The largest absolute Gasteiger partial charge is 0.497 e. The lowest BCUT2D eigenvalue weighted by Crippen LogP contribution is -2.42. The molecule has 0 amide bonds. The highest BCUT2D eigenvalue weighted by Gasteiger charge is 2.31. The number of likely N-dealkylation sites (tertiary alicyclic amines) is 1. The molecular formula is C26H33ClN2O4S. The second kappa shape index (κ2) is 11.7. The van der Waals surface area contributed by atoms with Gasteiger partial charge in [0.15, 0.2) is 5.78 Å². The van der Waals surface area contributed by atoms with E-state index in [1.54, 1.807) is 13.2 Å². The summed E-state index contributed by atoms with van der Waals surface area (Å²) in [6.45, 7) is 2.78. The first-order valence-corrected chi connectivity index (χ1v) is 13.6. The number of carboxylic acid groups (broad SMARTS) is 1. The molecule has 34 heavy (non-hydrogen) atoms. The highest BCUT2D eigenvalue weighted by molar-refractivity contribution is 7.99. The Balaban J connectivity index is 1.39. The summed E-state index contributed by atoms with van der Waals surface area (Å²) in [6, 6.07) is 5.43. The summed E-state index contributed by atoms with van der Waals surface area (Å²) >= 11 is 8.47. The Morgan fingerprint density at radius 3 is 2.79 bits per heavy atom. The Morgan fingerprint density at radius 2 is 2.09 bits per heavy atom. The van der Waals surface area contributed by atoms with E-state index in [-0.39, 0.29) is 24.0 Å². The molecular weight excluding hydrogens is 472 g/mol. The van der Waals surface area contributed by atoms with Gasteiger partial charge in [0.05, 0.1) is 17.6 Å². The molecule has 1 saturated heterocycles. The van der Waals surface area contributed by atoms with Crippen LogP contribution >= 0.6 is 23.4 Å². The number of Topliss-reactive ketones (excluding diaryl/α,β-unsaturated/α-hetero) is 1. The van der Waals surface area contributed by atoms with Gasteiger partial charge in [0.2, 0.25) is 0 Å². The molecule has 2 aliphatic rings. The minimum absolute atomic E-state index is 0.0287. The molecule has 1 aliphatic carbocycles. The van der Waals surface area contributed by atoms with E-state index in [1.807, 2.05) is 12.1 Å². The number of pyridine rings is 1. The summed E-state index contributed by atoms with van der Waals surface area (Å²) in [7, 11) is 1.58. The molecule has 2 atom stereocenters. The van der Waals surface area contributed by atoms with Gasteiger partial charge < -0.3 is 14.7 Å². The number of halogens is 1. The fourth-order valence-electron chi connectivity index (χ4n) is 5.08. The van der Waals surface area contributed by atoms with Gasteiger partial charge in [0.25, 0.3) is 0 Å². The molecule has 2 fully saturated rings. The van der Waals surface area contributed by atoms with Gasteiger partial charge in [0.1, 0.15) is 5.75 Å². The maximum Gasteiger partial charge on any atom is 0.303 e. The number of carbonyl (C=O) groups excluding carboxylic acids is 1. The lowest BCUT2D eigenvalue weighted by molar-refractivity contribution is -0.139. The van der Waals surface area contributed by atoms with Crippen molar-refractivity contribution in [2.24, 2.45) is 11.8 Å². The summed E-state index contributed by atoms with van der Waals surface area (Å²) in [5, 5.41) is 11.4. The number of carbonyl (C=O) groups is 2. The van der Waals surface area contributed by atoms with E-state index in [9.17, 15) is 14.7 Å². The zero-order valence-electron chi connectivity index (χ0n) is 19.7. The number of methoxy groups -OCH3 is 1. The van der Waals surface area contributed by atoms with E-state index in [0.717, 1.165) is 37.1 Å². The van der Waals surface area contributed by atoms with Crippen molar-refractivity contribution in [1.82, 2.24) is 9.88 Å². The van der Waals surface area contributed by atoms with Crippen LogP contribution in [0.25, 0.3) is 10.9 Å². The number of hydrogen-bond acceptors (Lipinski definition) is 6. The molecule has 8 heteroatoms. The van der Waals surface area contributed by atoms with Crippen molar-refractivity contribution in [2.45, 2.75) is 50.2 Å². The Morgan fingerprint density at radius 1 is 1.26 bits per heavy atom. The average molecular weight is 505 g/mol. The van der Waals surface area contributed by atoms with Crippen LogP contribution in [0.5, 0.6) is 5.75 Å². The molecule has 0 bridgehead atoms. The van der Waals surface area contributed by atoms with E-state index >= 15 is 0 Å². The van der Waals surface area contributed by atoms with Crippen LogP contribution in [0.15, 0.2) is 24.4 Å². The van der Waals surface area contributed by atoms with Gasteiger partial charge in [0, 0.05) is 54.1 Å². The minimum atomic E-state index is -0.762. The van der Waals surface area contributed by atoms with E-state index in [0.29, 0.717) is 40.1 Å². The monoisotopic (exact) mass is 504 g/mol. The molecule has 1 aliphatic heterocycles. The normalized spacial score (nSPS) is 21.4. The number of thioether (sulfide) groups is 1. The molecule has 1 N–H and O–H groups in total. The second-order valence-corrected chi connectivity index (χ2v) is 11.3. The number of nitrogens with zero attached hydrogens (tertiary/aromatic N) is 2. The van der Waals surface area contributed by atoms with E-state index in [2.05, 4.69) is 21.6 Å². The summed E-state index contributed by atoms with van der Waals surface area (Å²) in [5.74, 6) is 1.26. The van der Waals surface area contributed by atoms with Gasteiger partial charge in [-0.2, -0.15) is 11.8 Å². The van der Waals surface area contributed by atoms with Crippen LogP contribution in [0.2, 0.25) is 5.02 Å². The number of aromatic nitrogens is 1. The molecule has 1 aromatic carbocycles. The van der Waals surface area contributed by atoms with E-state index in [4.69, 9.17) is 16.3 Å². The van der Waals surface area contributed by atoms with Crippen LogP contribution < -0.4 is 4.74 Å². The van der Waals surface area contributed by atoms with Crippen molar-refractivity contribution < 1.29 is 19.4 Å². The number of ketones is 1. The first-order valence-electron chi connectivity index (χ1n) is 12.2. The van der Waals surface area contributed by atoms with Gasteiger partial charge >= 0.3 is 5.97 Å². The fraction of sp³-hybridized carbons (Fsp3) is 0.577. The summed E-state index contributed by atoms with van der Waals surface area (Å²) in [6.07, 6.45) is 7.66. The predicted octanol–water partition coefficient (Wildman–Crippen LogP) is 5.56. The highest BCUT2D eigenvalue weighted by atomic mass is 35.5. The zero-order chi connectivity index (χ0) is 24.1. The van der Waals surface area contributed by atoms with Crippen molar-refractivity contribution >= 4 is 46.0 Å².